The van der Waals surface area contributed by atoms with Crippen LogP contribution in [-0.2, 0) is 0 Å². The standard InChI is InChI=1S/C13H12N2O3/c1-7-3-4-8(2)9(5-7)12(16)10-11(13(17)18)15-6-14-10/h3-6H,1-2H3,(H,14,15)(H,17,18). The highest BCUT2D eigenvalue weighted by molar-refractivity contribution is 6.13. The van der Waals surface area contributed by atoms with Crippen molar-refractivity contribution in [1.82, 2.24) is 9.97 Å². The predicted molar refractivity (Wildman–Crippen MR) is 64.9 cm³/mol. The number of imidazole rings is 1. The summed E-state index contributed by atoms with van der Waals surface area (Å²) in [7, 11) is 0. The Morgan fingerprint density at radius 3 is 2.67 bits per heavy atom. The van der Waals surface area contributed by atoms with Gasteiger partial charge in [0.05, 0.1) is 6.33 Å². The first-order chi connectivity index (χ1) is 8.50. The summed E-state index contributed by atoms with van der Waals surface area (Å²) in [6.45, 7) is 3.68. The van der Waals surface area contributed by atoms with Gasteiger partial charge < -0.3 is 10.1 Å². The van der Waals surface area contributed by atoms with E-state index in [0.29, 0.717) is 5.56 Å². The van der Waals surface area contributed by atoms with Gasteiger partial charge in [0.25, 0.3) is 0 Å². The Morgan fingerprint density at radius 1 is 1.28 bits per heavy atom. The first-order valence-electron chi connectivity index (χ1n) is 5.39. The van der Waals surface area contributed by atoms with E-state index in [1.807, 2.05) is 19.1 Å². The smallest absolute Gasteiger partial charge is 0.354 e. The van der Waals surface area contributed by atoms with Crippen LogP contribution >= 0.6 is 0 Å². The number of hydrogen-bond acceptors (Lipinski definition) is 3. The van der Waals surface area contributed by atoms with Crippen LogP contribution in [0.5, 0.6) is 0 Å². The Morgan fingerprint density at radius 2 is 2.00 bits per heavy atom. The molecule has 92 valence electrons. The molecular formula is C13H12N2O3. The van der Waals surface area contributed by atoms with E-state index in [1.165, 1.54) is 6.33 Å². The number of aromatic nitrogens is 2. The number of aromatic carboxylic acids is 1. The molecule has 0 unspecified atom stereocenters. The molecule has 1 heterocycles. The average molecular weight is 244 g/mol. The lowest BCUT2D eigenvalue weighted by atomic mass is 9.99. The zero-order chi connectivity index (χ0) is 13.3. The maximum atomic E-state index is 12.3. The number of aryl methyl sites for hydroxylation is 2. The first-order valence-corrected chi connectivity index (χ1v) is 5.39. The number of hydrogen-bond donors (Lipinski definition) is 2. The van der Waals surface area contributed by atoms with Crippen LogP contribution < -0.4 is 0 Å². The average Bonchev–Trinajstić information content (AvgIpc) is 2.80. The molecule has 0 fully saturated rings. The number of carbonyl (C=O) groups excluding carboxylic acids is 1. The van der Waals surface area contributed by atoms with E-state index in [4.69, 9.17) is 5.11 Å². The number of carboxylic acid groups (broad SMARTS) is 1. The number of benzene rings is 1. The monoisotopic (exact) mass is 244 g/mol. The lowest BCUT2D eigenvalue weighted by Gasteiger charge is -2.05. The number of carboxylic acids is 1. The van der Waals surface area contributed by atoms with Crippen molar-refractivity contribution < 1.29 is 14.7 Å². The van der Waals surface area contributed by atoms with Crippen LogP contribution in [0, 0.1) is 13.8 Å². The fraction of sp³-hybridized carbons (Fsp3) is 0.154. The highest BCUT2D eigenvalue weighted by Crippen LogP contribution is 2.16. The summed E-state index contributed by atoms with van der Waals surface area (Å²) < 4.78 is 0. The van der Waals surface area contributed by atoms with Crippen molar-refractivity contribution in [1.29, 1.82) is 0 Å². The highest BCUT2D eigenvalue weighted by atomic mass is 16.4. The van der Waals surface area contributed by atoms with Gasteiger partial charge in [-0.2, -0.15) is 0 Å². The van der Waals surface area contributed by atoms with Crippen LogP contribution in [0.25, 0.3) is 0 Å². The predicted octanol–water partition coefficient (Wildman–Crippen LogP) is 1.96. The van der Waals surface area contributed by atoms with Crippen molar-refractivity contribution in [2.75, 3.05) is 0 Å². The summed E-state index contributed by atoms with van der Waals surface area (Å²) >= 11 is 0. The molecule has 0 atom stereocenters. The van der Waals surface area contributed by atoms with Gasteiger partial charge in [-0.25, -0.2) is 9.78 Å². The number of carbonyl (C=O) groups is 2. The molecule has 5 nitrogen and oxygen atoms in total. The van der Waals surface area contributed by atoms with Gasteiger partial charge in [-0.3, -0.25) is 4.79 Å². The molecule has 0 radical (unpaired) electrons. The molecule has 2 rings (SSSR count). The summed E-state index contributed by atoms with van der Waals surface area (Å²) in [6, 6.07) is 5.46. The minimum absolute atomic E-state index is 0.0591. The summed E-state index contributed by atoms with van der Waals surface area (Å²) in [5.41, 5.74) is 1.98. The molecule has 2 aromatic rings. The Balaban J connectivity index is 2.51. The van der Waals surface area contributed by atoms with Gasteiger partial charge in [-0.1, -0.05) is 17.7 Å². The lowest BCUT2D eigenvalue weighted by Crippen LogP contribution is -2.11. The molecule has 0 saturated heterocycles. The third-order valence-corrected chi connectivity index (χ3v) is 2.71. The van der Waals surface area contributed by atoms with E-state index in [0.717, 1.165) is 11.1 Å². The third kappa shape index (κ3) is 2.02. The summed E-state index contributed by atoms with van der Waals surface area (Å²) in [4.78, 5) is 29.5. The van der Waals surface area contributed by atoms with Gasteiger partial charge in [0, 0.05) is 5.56 Å². The molecule has 1 aromatic heterocycles. The molecule has 0 bridgehead atoms. The van der Waals surface area contributed by atoms with Crippen LogP contribution in [0.3, 0.4) is 0 Å². The molecule has 2 N–H and O–H groups in total. The van der Waals surface area contributed by atoms with Crippen molar-refractivity contribution >= 4 is 11.8 Å². The van der Waals surface area contributed by atoms with E-state index in [9.17, 15) is 9.59 Å². The van der Waals surface area contributed by atoms with Gasteiger partial charge in [0.2, 0.25) is 5.78 Å². The normalized spacial score (nSPS) is 10.3. The Kier molecular flexibility index (Phi) is 2.97. The van der Waals surface area contributed by atoms with Gasteiger partial charge in [-0.15, -0.1) is 0 Å². The number of nitrogens with one attached hydrogen (secondary N) is 1. The van der Waals surface area contributed by atoms with Crippen LogP contribution in [0.4, 0.5) is 0 Å². The zero-order valence-electron chi connectivity index (χ0n) is 10.0. The molecule has 0 saturated carbocycles. The largest absolute Gasteiger partial charge is 0.477 e. The maximum absolute atomic E-state index is 12.3. The van der Waals surface area contributed by atoms with Crippen molar-refractivity contribution in [3.8, 4) is 0 Å². The third-order valence-electron chi connectivity index (χ3n) is 2.71. The van der Waals surface area contributed by atoms with Gasteiger partial charge in [0.15, 0.2) is 5.69 Å². The zero-order valence-corrected chi connectivity index (χ0v) is 10.0. The van der Waals surface area contributed by atoms with Crippen LogP contribution in [-0.4, -0.2) is 26.8 Å². The van der Waals surface area contributed by atoms with E-state index < -0.39 is 5.97 Å². The first kappa shape index (κ1) is 12.0. The second-order valence-electron chi connectivity index (χ2n) is 4.08. The van der Waals surface area contributed by atoms with Crippen molar-refractivity contribution in [3.63, 3.8) is 0 Å². The maximum Gasteiger partial charge on any atom is 0.354 e. The minimum Gasteiger partial charge on any atom is -0.477 e. The van der Waals surface area contributed by atoms with E-state index in [2.05, 4.69) is 9.97 Å². The summed E-state index contributed by atoms with van der Waals surface area (Å²) in [5, 5.41) is 8.95. The fourth-order valence-corrected chi connectivity index (χ4v) is 1.74. The van der Waals surface area contributed by atoms with E-state index in [1.54, 1.807) is 13.0 Å². The summed E-state index contributed by atoms with van der Waals surface area (Å²) in [6.07, 6.45) is 1.21. The van der Waals surface area contributed by atoms with Gasteiger partial charge in [-0.05, 0) is 25.5 Å². The SMILES string of the molecule is Cc1ccc(C)c(C(=O)c2nc[nH]c2C(=O)O)c1. The van der Waals surface area contributed by atoms with Crippen LogP contribution in [0.2, 0.25) is 0 Å². The number of H-pyrrole nitrogens is 1. The van der Waals surface area contributed by atoms with Gasteiger partial charge >= 0.3 is 5.97 Å². The number of nitrogens with zero attached hydrogens (tertiary/aromatic N) is 1. The molecule has 5 heteroatoms. The quantitative estimate of drug-likeness (QED) is 0.808. The molecule has 0 amide bonds. The lowest BCUT2D eigenvalue weighted by molar-refractivity contribution is 0.0687. The Hall–Kier alpha value is -2.43. The molecule has 18 heavy (non-hydrogen) atoms. The van der Waals surface area contributed by atoms with E-state index in [-0.39, 0.29) is 17.2 Å². The topological polar surface area (TPSA) is 83.0 Å². The molecule has 0 aliphatic carbocycles. The number of ketones is 1. The van der Waals surface area contributed by atoms with Crippen molar-refractivity contribution in [2.45, 2.75) is 13.8 Å². The van der Waals surface area contributed by atoms with Gasteiger partial charge in [0.1, 0.15) is 5.69 Å². The molecule has 1 aromatic carbocycles. The molecular weight excluding hydrogens is 232 g/mol. The molecule has 0 aliphatic rings. The second kappa shape index (κ2) is 4.44. The number of aromatic amines is 1. The minimum atomic E-state index is -1.19. The van der Waals surface area contributed by atoms with Crippen molar-refractivity contribution in [3.05, 3.63) is 52.6 Å². The second-order valence-corrected chi connectivity index (χ2v) is 4.08. The Bertz CT molecular complexity index is 629. The van der Waals surface area contributed by atoms with Crippen LogP contribution in [0.15, 0.2) is 24.5 Å². The van der Waals surface area contributed by atoms with E-state index >= 15 is 0 Å². The van der Waals surface area contributed by atoms with Crippen LogP contribution in [0.1, 0.15) is 37.7 Å². The molecule has 0 spiro atoms. The van der Waals surface area contributed by atoms with Crippen molar-refractivity contribution in [2.24, 2.45) is 0 Å². The Labute approximate surface area is 103 Å². The fourth-order valence-electron chi connectivity index (χ4n) is 1.74. The highest BCUT2D eigenvalue weighted by Gasteiger charge is 2.22. The summed E-state index contributed by atoms with van der Waals surface area (Å²) in [5.74, 6) is -1.57. The molecule has 0 aliphatic heterocycles. The number of rotatable bonds is 3.